The Morgan fingerprint density at radius 2 is 1.88 bits per heavy atom. The second-order valence-electron chi connectivity index (χ2n) is 9.33. The second-order valence-corrected chi connectivity index (χ2v) is 10.4. The first kappa shape index (κ1) is 22.3. The van der Waals surface area contributed by atoms with Crippen molar-refractivity contribution in [2.75, 3.05) is 31.2 Å². The number of pyridine rings is 1. The Morgan fingerprint density at radius 1 is 1.15 bits per heavy atom. The van der Waals surface area contributed by atoms with Crippen LogP contribution in [0.5, 0.6) is 0 Å². The average molecular weight is 485 g/mol. The van der Waals surface area contributed by atoms with Crippen LogP contribution in [0.1, 0.15) is 26.5 Å². The van der Waals surface area contributed by atoms with E-state index >= 15 is 0 Å². The van der Waals surface area contributed by atoms with E-state index in [0.717, 1.165) is 10.6 Å². The van der Waals surface area contributed by atoms with E-state index in [2.05, 4.69) is 9.97 Å². The highest BCUT2D eigenvalue weighted by Gasteiger charge is 2.27. The van der Waals surface area contributed by atoms with E-state index in [-0.39, 0.29) is 17.3 Å². The maximum Gasteiger partial charge on any atom is 0.410 e. The number of carbonyl (C=O) groups is 1. The van der Waals surface area contributed by atoms with Crippen molar-refractivity contribution in [3.63, 3.8) is 0 Å². The fourth-order valence-electron chi connectivity index (χ4n) is 3.98. The molecule has 5 rings (SSSR count). The van der Waals surface area contributed by atoms with Gasteiger partial charge in [-0.15, -0.1) is 11.3 Å². The van der Waals surface area contributed by atoms with Crippen LogP contribution in [-0.2, 0) is 4.74 Å². The number of aromatic nitrogens is 4. The molecule has 0 saturated carbocycles. The largest absolute Gasteiger partial charge is 0.444 e. The summed E-state index contributed by atoms with van der Waals surface area (Å²) in [7, 11) is 0. The molecule has 11 heteroatoms. The topological polar surface area (TPSA) is 85.0 Å². The predicted octanol–water partition coefficient (Wildman–Crippen LogP) is 3.41. The Hall–Kier alpha value is -3.47. The number of hydrogen-bond donors (Lipinski definition) is 0. The average Bonchev–Trinajstić information content (AvgIpc) is 3.37. The summed E-state index contributed by atoms with van der Waals surface area (Å²) in [6.45, 7) is 9.15. The maximum atomic E-state index is 14.6. The molecule has 0 aliphatic carbocycles. The lowest BCUT2D eigenvalue weighted by atomic mass is 10.2. The molecule has 4 aromatic heterocycles. The van der Waals surface area contributed by atoms with Crippen LogP contribution in [0.4, 0.5) is 9.18 Å². The smallest absolute Gasteiger partial charge is 0.410 e. The number of nitrogens with zero attached hydrogens (tertiary/aromatic N) is 6. The minimum Gasteiger partial charge on any atom is -0.444 e. The van der Waals surface area contributed by atoms with Crippen LogP contribution in [0.3, 0.4) is 0 Å². The van der Waals surface area contributed by atoms with Gasteiger partial charge < -0.3 is 19.0 Å². The predicted molar refractivity (Wildman–Crippen MR) is 129 cm³/mol. The Labute approximate surface area is 199 Å². The number of fused-ring (bicyclic) bond motifs is 2. The van der Waals surface area contributed by atoms with Gasteiger partial charge in [-0.25, -0.2) is 23.8 Å². The zero-order valence-electron chi connectivity index (χ0n) is 19.4. The highest BCUT2D eigenvalue weighted by atomic mass is 32.1. The molecular formula is C23H25FN6O3S. The summed E-state index contributed by atoms with van der Waals surface area (Å²) < 4.78 is 23.6. The number of rotatable bonds is 2. The molecule has 178 valence electrons. The number of hydrogen-bond acceptors (Lipinski definition) is 7. The van der Waals surface area contributed by atoms with Crippen molar-refractivity contribution in [3.05, 3.63) is 52.7 Å². The van der Waals surface area contributed by atoms with Gasteiger partial charge in [0.05, 0.1) is 24.3 Å². The fraction of sp³-hybridized carbons (Fsp3) is 0.391. The molecule has 5 heterocycles. The van der Waals surface area contributed by atoms with Gasteiger partial charge in [-0.05, 0) is 39.8 Å². The van der Waals surface area contributed by atoms with Crippen LogP contribution in [0, 0.1) is 12.7 Å². The first-order valence-electron chi connectivity index (χ1n) is 11.0. The Bertz CT molecular complexity index is 1460. The zero-order valence-corrected chi connectivity index (χ0v) is 20.2. The highest BCUT2D eigenvalue weighted by Crippen LogP contribution is 2.32. The summed E-state index contributed by atoms with van der Waals surface area (Å²) in [4.78, 5) is 36.6. The lowest BCUT2D eigenvalue weighted by Gasteiger charge is -2.36. The molecule has 0 N–H and O–H groups in total. The van der Waals surface area contributed by atoms with E-state index in [9.17, 15) is 14.0 Å². The van der Waals surface area contributed by atoms with Crippen LogP contribution in [0.2, 0.25) is 0 Å². The molecule has 1 amide bonds. The van der Waals surface area contributed by atoms with E-state index in [1.54, 1.807) is 27.8 Å². The van der Waals surface area contributed by atoms with Gasteiger partial charge >= 0.3 is 6.09 Å². The maximum absolute atomic E-state index is 14.6. The summed E-state index contributed by atoms with van der Waals surface area (Å²) >= 11 is 1.28. The van der Waals surface area contributed by atoms with Crippen molar-refractivity contribution in [1.29, 1.82) is 0 Å². The first-order valence-corrected chi connectivity index (χ1v) is 11.8. The van der Waals surface area contributed by atoms with E-state index in [1.807, 2.05) is 32.7 Å². The third-order valence-electron chi connectivity index (χ3n) is 5.54. The number of carbonyl (C=O) groups excluding carboxylic acids is 1. The minimum absolute atomic E-state index is 0.188. The minimum atomic E-state index is -0.554. The van der Waals surface area contributed by atoms with Crippen LogP contribution in [0.25, 0.3) is 26.3 Å². The molecule has 1 saturated heterocycles. The summed E-state index contributed by atoms with van der Waals surface area (Å²) in [5.41, 5.74) is 1.48. The lowest BCUT2D eigenvalue weighted by Crippen LogP contribution is -2.55. The molecule has 0 unspecified atom stereocenters. The standard InChI is InChI=1S/C23H25FN6O3S/c1-14-11-28-12-15(9-16(24)20(28)26-14)18-10-17-19(34-18)21(31)30(13-25-17)29-7-5-27(6-8-29)22(32)33-23(2,3)4/h9-13H,5-8H2,1-4H3. The number of thiophene rings is 1. The Morgan fingerprint density at radius 3 is 2.59 bits per heavy atom. The molecule has 0 atom stereocenters. The molecule has 34 heavy (non-hydrogen) atoms. The molecule has 1 aliphatic heterocycles. The van der Waals surface area contributed by atoms with Crippen molar-refractivity contribution in [3.8, 4) is 10.4 Å². The van der Waals surface area contributed by atoms with E-state index in [4.69, 9.17) is 4.74 Å². The van der Waals surface area contributed by atoms with Crippen molar-refractivity contribution < 1.29 is 13.9 Å². The number of aryl methyl sites for hydroxylation is 1. The molecule has 0 aromatic carbocycles. The second kappa shape index (κ2) is 8.08. The van der Waals surface area contributed by atoms with Gasteiger partial charge in [-0.1, -0.05) is 0 Å². The molecule has 9 nitrogen and oxygen atoms in total. The lowest BCUT2D eigenvalue weighted by molar-refractivity contribution is 0.0232. The van der Waals surface area contributed by atoms with Gasteiger partial charge in [0.1, 0.15) is 16.6 Å². The fourth-order valence-corrected chi connectivity index (χ4v) is 5.00. The highest BCUT2D eigenvalue weighted by molar-refractivity contribution is 7.22. The monoisotopic (exact) mass is 484 g/mol. The van der Waals surface area contributed by atoms with Gasteiger partial charge in [0.15, 0.2) is 11.5 Å². The molecule has 4 aromatic rings. The molecule has 1 fully saturated rings. The first-order chi connectivity index (χ1) is 16.1. The van der Waals surface area contributed by atoms with Gasteiger partial charge in [0.25, 0.3) is 5.56 Å². The van der Waals surface area contributed by atoms with E-state index in [0.29, 0.717) is 42.0 Å². The van der Waals surface area contributed by atoms with Crippen LogP contribution in [-0.4, -0.2) is 61.8 Å². The summed E-state index contributed by atoms with van der Waals surface area (Å²) in [5.74, 6) is -0.420. The Kier molecular flexibility index (Phi) is 5.31. The normalized spacial score (nSPS) is 14.9. The van der Waals surface area contributed by atoms with Crippen LogP contribution < -0.4 is 10.6 Å². The van der Waals surface area contributed by atoms with Crippen molar-refractivity contribution in [2.24, 2.45) is 0 Å². The number of piperazine rings is 1. The number of imidazole rings is 1. The zero-order chi connectivity index (χ0) is 24.2. The number of halogens is 1. The third-order valence-corrected chi connectivity index (χ3v) is 6.71. The van der Waals surface area contributed by atoms with Gasteiger partial charge in [-0.2, -0.15) is 0 Å². The van der Waals surface area contributed by atoms with Gasteiger partial charge in [0, 0.05) is 35.9 Å². The Balaban J connectivity index is 1.40. The molecule has 0 spiro atoms. The van der Waals surface area contributed by atoms with E-state index in [1.165, 1.54) is 28.4 Å². The van der Waals surface area contributed by atoms with Gasteiger partial charge in [-0.3, -0.25) is 4.79 Å². The quantitative estimate of drug-likeness (QED) is 0.434. The van der Waals surface area contributed by atoms with Crippen molar-refractivity contribution in [1.82, 2.24) is 23.9 Å². The summed E-state index contributed by atoms with van der Waals surface area (Å²) in [5, 5.41) is 1.87. The number of ether oxygens (including phenoxy) is 1. The van der Waals surface area contributed by atoms with E-state index < -0.39 is 11.4 Å². The van der Waals surface area contributed by atoms with Crippen LogP contribution >= 0.6 is 11.3 Å². The molecule has 1 aliphatic rings. The van der Waals surface area contributed by atoms with Crippen molar-refractivity contribution >= 4 is 33.3 Å². The molecule has 0 bridgehead atoms. The number of amides is 1. The SMILES string of the molecule is Cc1cn2cc(-c3cc4ncn(N5CCN(C(=O)OC(C)(C)C)CC5)c(=O)c4s3)cc(F)c2n1. The van der Waals surface area contributed by atoms with Crippen molar-refractivity contribution in [2.45, 2.75) is 33.3 Å². The summed E-state index contributed by atoms with van der Waals surface area (Å²) in [6.07, 6.45) is 4.72. The molecular weight excluding hydrogens is 459 g/mol. The summed E-state index contributed by atoms with van der Waals surface area (Å²) in [6, 6.07) is 3.23. The van der Waals surface area contributed by atoms with Crippen LogP contribution in [0.15, 0.2) is 35.6 Å². The molecule has 0 radical (unpaired) electrons. The third kappa shape index (κ3) is 4.11. The van der Waals surface area contributed by atoms with Gasteiger partial charge in [0.2, 0.25) is 0 Å².